The van der Waals surface area contributed by atoms with E-state index in [0.717, 1.165) is 11.6 Å². The second-order valence-corrected chi connectivity index (χ2v) is 11.4. The number of hydrogen-bond donors (Lipinski definition) is 2. The van der Waals surface area contributed by atoms with Crippen molar-refractivity contribution >= 4 is 33.1 Å². The second-order valence-electron chi connectivity index (χ2n) is 10.3. The number of halogens is 3. The van der Waals surface area contributed by atoms with Gasteiger partial charge in [0.15, 0.2) is 11.6 Å². The Bertz CT molecular complexity index is 2130. The molecule has 0 atom stereocenters. The molecule has 0 aliphatic carbocycles. The Labute approximate surface area is 265 Å². The lowest BCUT2D eigenvalue weighted by Gasteiger charge is -2.14. The first-order valence-corrected chi connectivity index (χ1v) is 14.7. The molecule has 0 aliphatic rings. The third kappa shape index (κ3) is 5.92. The minimum atomic E-state index is -2.86. The molecular formula is C33H26F3N7O2S. The van der Waals surface area contributed by atoms with Crippen molar-refractivity contribution in [2.75, 3.05) is 5.73 Å². The molecule has 0 saturated heterocycles. The Hall–Kier alpha value is -5.56. The number of aryl methyl sites for hydroxylation is 2. The van der Waals surface area contributed by atoms with Gasteiger partial charge in [0.2, 0.25) is 5.91 Å². The summed E-state index contributed by atoms with van der Waals surface area (Å²) in [5.41, 5.74) is 9.80. The largest absolute Gasteiger partial charge is 0.421 e. The van der Waals surface area contributed by atoms with E-state index < -0.39 is 18.1 Å². The third-order valence-electron chi connectivity index (χ3n) is 7.20. The van der Waals surface area contributed by atoms with Crippen LogP contribution in [0.25, 0.3) is 42.8 Å². The molecule has 0 fully saturated rings. The van der Waals surface area contributed by atoms with Crippen LogP contribution in [0, 0.1) is 12.7 Å². The number of rotatable bonds is 9. The van der Waals surface area contributed by atoms with E-state index in [9.17, 15) is 13.6 Å². The standard InChI is InChI=1S/C33H26F3N7O2S/c1-4-26(44)39-13-18-5-7-21(22(11-18)31(35)36)29-27(19-6-8-25(24(34)12-19)45-33-38-10-9-17(2)42-33)28-30(46-29)23(15-40-32(28)37)20-14-41-43(3)16-20/h4-12,14-16,31H,1,13H2,2-3H3,(H2,37,40)(H,39,44). The van der Waals surface area contributed by atoms with Gasteiger partial charge in [-0.3, -0.25) is 9.48 Å². The van der Waals surface area contributed by atoms with Gasteiger partial charge in [-0.2, -0.15) is 5.10 Å². The lowest BCUT2D eigenvalue weighted by molar-refractivity contribution is -0.116. The number of alkyl halides is 2. The maximum Gasteiger partial charge on any atom is 0.322 e. The molecular weight excluding hydrogens is 615 g/mol. The van der Waals surface area contributed by atoms with Gasteiger partial charge < -0.3 is 15.8 Å². The summed E-state index contributed by atoms with van der Waals surface area (Å²) in [6.45, 7) is 5.20. The number of anilines is 1. The molecule has 0 saturated carbocycles. The number of nitrogen functional groups attached to an aromatic ring is 1. The van der Waals surface area contributed by atoms with Gasteiger partial charge >= 0.3 is 6.01 Å². The monoisotopic (exact) mass is 641 g/mol. The van der Waals surface area contributed by atoms with Crippen molar-refractivity contribution in [3.05, 3.63) is 103 Å². The van der Waals surface area contributed by atoms with Gasteiger partial charge in [-0.15, -0.1) is 11.3 Å². The lowest BCUT2D eigenvalue weighted by atomic mass is 9.94. The fourth-order valence-corrected chi connectivity index (χ4v) is 6.45. The molecule has 232 valence electrons. The summed E-state index contributed by atoms with van der Waals surface area (Å²) < 4.78 is 52.9. The summed E-state index contributed by atoms with van der Waals surface area (Å²) in [7, 11) is 1.78. The van der Waals surface area contributed by atoms with Crippen LogP contribution < -0.4 is 15.8 Å². The number of pyridine rings is 1. The summed E-state index contributed by atoms with van der Waals surface area (Å²) in [5.74, 6) is -1.11. The van der Waals surface area contributed by atoms with Crippen molar-refractivity contribution in [1.82, 2.24) is 30.0 Å². The van der Waals surface area contributed by atoms with E-state index >= 15 is 4.39 Å². The molecule has 9 nitrogen and oxygen atoms in total. The van der Waals surface area contributed by atoms with Crippen LogP contribution in [-0.2, 0) is 18.4 Å². The van der Waals surface area contributed by atoms with Crippen LogP contribution in [-0.4, -0.2) is 30.6 Å². The first-order chi connectivity index (χ1) is 22.1. The van der Waals surface area contributed by atoms with Crippen molar-refractivity contribution in [3.8, 4) is 44.5 Å². The maximum atomic E-state index is 15.7. The smallest absolute Gasteiger partial charge is 0.322 e. The number of carbonyl (C=O) groups is 1. The number of hydrogen-bond acceptors (Lipinski definition) is 8. The Kier molecular flexibility index (Phi) is 8.24. The zero-order chi connectivity index (χ0) is 32.5. The van der Waals surface area contributed by atoms with Gasteiger partial charge in [-0.25, -0.2) is 28.1 Å². The van der Waals surface area contributed by atoms with Crippen LogP contribution in [0.5, 0.6) is 11.8 Å². The zero-order valence-electron chi connectivity index (χ0n) is 24.6. The van der Waals surface area contributed by atoms with E-state index in [0.29, 0.717) is 42.9 Å². The van der Waals surface area contributed by atoms with E-state index in [1.54, 1.807) is 55.3 Å². The Balaban J connectivity index is 1.56. The van der Waals surface area contributed by atoms with Gasteiger partial charge in [0.05, 0.1) is 6.20 Å². The second kappa shape index (κ2) is 12.4. The van der Waals surface area contributed by atoms with E-state index in [4.69, 9.17) is 10.5 Å². The average Bonchev–Trinajstić information content (AvgIpc) is 3.65. The first kappa shape index (κ1) is 30.5. The van der Waals surface area contributed by atoms with Gasteiger partial charge in [-0.05, 0) is 48.4 Å². The van der Waals surface area contributed by atoms with Crippen molar-refractivity contribution in [2.24, 2.45) is 7.05 Å². The number of aromatic nitrogens is 5. The van der Waals surface area contributed by atoms with Gasteiger partial charge in [0.25, 0.3) is 6.43 Å². The fraction of sp³-hybridized carbons (Fsp3) is 0.121. The molecule has 1 amide bonds. The molecule has 0 spiro atoms. The molecule has 2 aromatic carbocycles. The molecule has 3 N–H and O–H groups in total. The molecule has 46 heavy (non-hydrogen) atoms. The third-order valence-corrected chi connectivity index (χ3v) is 8.46. The van der Waals surface area contributed by atoms with E-state index in [-0.39, 0.29) is 35.2 Å². The van der Waals surface area contributed by atoms with Crippen LogP contribution in [0.15, 0.2) is 79.9 Å². The predicted molar refractivity (Wildman–Crippen MR) is 171 cm³/mol. The van der Waals surface area contributed by atoms with Crippen LogP contribution in [0.4, 0.5) is 19.0 Å². The molecule has 13 heteroatoms. The minimum absolute atomic E-state index is 0.0196. The Morgan fingerprint density at radius 3 is 2.65 bits per heavy atom. The van der Waals surface area contributed by atoms with Gasteiger partial charge in [0, 0.05) is 80.7 Å². The van der Waals surface area contributed by atoms with Gasteiger partial charge in [0.1, 0.15) is 5.82 Å². The number of nitrogens with one attached hydrogen (secondary N) is 1. The van der Waals surface area contributed by atoms with E-state index in [1.165, 1.54) is 35.7 Å². The number of fused-ring (bicyclic) bond motifs is 1. The first-order valence-electron chi connectivity index (χ1n) is 13.9. The summed E-state index contributed by atoms with van der Waals surface area (Å²) in [6.07, 6.45) is 4.83. The van der Waals surface area contributed by atoms with E-state index in [1.807, 2.05) is 6.20 Å². The molecule has 0 unspecified atom stereocenters. The number of carbonyl (C=O) groups excluding carboxylic acids is 1. The van der Waals surface area contributed by atoms with Crippen molar-refractivity contribution in [1.29, 1.82) is 0 Å². The minimum Gasteiger partial charge on any atom is -0.421 e. The highest BCUT2D eigenvalue weighted by molar-refractivity contribution is 7.23. The Morgan fingerprint density at radius 1 is 1.13 bits per heavy atom. The van der Waals surface area contributed by atoms with Crippen LogP contribution >= 0.6 is 11.3 Å². The number of ether oxygens (including phenoxy) is 1. The molecule has 4 heterocycles. The average molecular weight is 642 g/mol. The molecule has 0 aliphatic heterocycles. The molecule has 6 rings (SSSR count). The highest BCUT2D eigenvalue weighted by Crippen LogP contribution is 2.51. The number of thiophene rings is 1. The summed E-state index contributed by atoms with van der Waals surface area (Å²) in [5, 5.41) is 7.36. The van der Waals surface area contributed by atoms with Crippen LogP contribution in [0.2, 0.25) is 0 Å². The summed E-state index contributed by atoms with van der Waals surface area (Å²) >= 11 is 1.24. The normalized spacial score (nSPS) is 11.3. The van der Waals surface area contributed by atoms with Crippen molar-refractivity contribution < 1.29 is 22.7 Å². The van der Waals surface area contributed by atoms with E-state index in [2.05, 4.69) is 31.9 Å². The van der Waals surface area contributed by atoms with Crippen molar-refractivity contribution in [3.63, 3.8) is 0 Å². The molecule has 0 bridgehead atoms. The molecule has 6 aromatic rings. The highest BCUT2D eigenvalue weighted by Gasteiger charge is 2.26. The van der Waals surface area contributed by atoms with Gasteiger partial charge in [-0.1, -0.05) is 24.8 Å². The molecule has 0 radical (unpaired) electrons. The lowest BCUT2D eigenvalue weighted by Crippen LogP contribution is -2.20. The number of nitrogens with zero attached hydrogens (tertiary/aromatic N) is 5. The number of amides is 1. The predicted octanol–water partition coefficient (Wildman–Crippen LogP) is 7.38. The Morgan fingerprint density at radius 2 is 1.96 bits per heavy atom. The topological polar surface area (TPSA) is 121 Å². The number of benzene rings is 2. The summed E-state index contributed by atoms with van der Waals surface area (Å²) in [6, 6.07) is 10.5. The van der Waals surface area contributed by atoms with Crippen LogP contribution in [0.1, 0.15) is 23.2 Å². The number of nitrogens with two attached hydrogens (primary N) is 1. The van der Waals surface area contributed by atoms with Crippen LogP contribution in [0.3, 0.4) is 0 Å². The summed E-state index contributed by atoms with van der Waals surface area (Å²) in [4.78, 5) is 24.7. The fourth-order valence-electron chi connectivity index (χ4n) is 5.04. The van der Waals surface area contributed by atoms with Crippen molar-refractivity contribution in [2.45, 2.75) is 19.9 Å². The SMILES string of the molecule is C=CC(=O)NCc1ccc(-c2sc3c(-c4cnn(C)c4)cnc(N)c3c2-c2ccc(Oc3nccc(C)n3)c(F)c2)c(C(F)F)c1. The maximum absolute atomic E-state index is 15.7. The highest BCUT2D eigenvalue weighted by atomic mass is 32.1. The zero-order valence-corrected chi connectivity index (χ0v) is 25.4. The quantitative estimate of drug-likeness (QED) is 0.158. The molecule has 4 aromatic heterocycles.